The highest BCUT2D eigenvalue weighted by Gasteiger charge is 2.10. The van der Waals surface area contributed by atoms with Gasteiger partial charge in [0.15, 0.2) is 0 Å². The third-order valence-electron chi connectivity index (χ3n) is 5.67. The zero-order valence-corrected chi connectivity index (χ0v) is 17.6. The molecule has 2 nitrogen and oxygen atoms in total. The lowest BCUT2D eigenvalue weighted by Crippen LogP contribution is -2.05. The molecule has 0 aliphatic carbocycles. The summed E-state index contributed by atoms with van der Waals surface area (Å²) in [5, 5.41) is 0. The quantitative estimate of drug-likeness (QED) is 0.282. The van der Waals surface area contributed by atoms with Gasteiger partial charge in [-0.05, 0) is 24.1 Å². The maximum atomic E-state index is 4.93. The van der Waals surface area contributed by atoms with Gasteiger partial charge >= 0.3 is 0 Å². The summed E-state index contributed by atoms with van der Waals surface area (Å²) in [7, 11) is 0. The third kappa shape index (κ3) is 6.22. The normalized spacial score (nSPS) is 11.3. The van der Waals surface area contributed by atoms with E-state index in [-0.39, 0.29) is 0 Å². The molecule has 3 rings (SSSR count). The van der Waals surface area contributed by atoms with Gasteiger partial charge < -0.3 is 4.57 Å². The number of fused-ring (bicyclic) bond motifs is 1. The minimum Gasteiger partial charge on any atom is -0.328 e. The highest BCUT2D eigenvalue weighted by Crippen LogP contribution is 2.20. The molecule has 1 heterocycles. The molecule has 0 spiro atoms. The van der Waals surface area contributed by atoms with E-state index in [2.05, 4.69) is 66.1 Å². The van der Waals surface area contributed by atoms with Crippen molar-refractivity contribution in [2.75, 3.05) is 0 Å². The molecule has 0 saturated heterocycles. The molecule has 0 radical (unpaired) electrons. The summed E-state index contributed by atoms with van der Waals surface area (Å²) < 4.78 is 2.45. The molecule has 2 heteroatoms. The van der Waals surface area contributed by atoms with Crippen molar-refractivity contribution in [2.45, 2.75) is 84.1 Å². The van der Waals surface area contributed by atoms with Gasteiger partial charge in [0.05, 0.1) is 11.0 Å². The van der Waals surface area contributed by atoms with E-state index >= 15 is 0 Å². The first kappa shape index (κ1) is 20.6. The molecule has 0 amide bonds. The van der Waals surface area contributed by atoms with Gasteiger partial charge in [0.2, 0.25) is 0 Å². The number of hydrogen-bond donors (Lipinski definition) is 0. The second-order valence-corrected chi connectivity index (χ2v) is 8.01. The fourth-order valence-electron chi connectivity index (χ4n) is 4.05. The van der Waals surface area contributed by atoms with E-state index in [0.29, 0.717) is 0 Å². The van der Waals surface area contributed by atoms with Crippen molar-refractivity contribution in [3.8, 4) is 0 Å². The summed E-state index contributed by atoms with van der Waals surface area (Å²) in [4.78, 5) is 4.93. The Labute approximate surface area is 171 Å². The smallest absolute Gasteiger partial charge is 0.114 e. The molecule has 3 aromatic rings. The van der Waals surface area contributed by atoms with Crippen molar-refractivity contribution in [1.29, 1.82) is 0 Å². The zero-order valence-electron chi connectivity index (χ0n) is 17.6. The minimum atomic E-state index is 0.910. The van der Waals surface area contributed by atoms with Crippen molar-refractivity contribution in [3.05, 3.63) is 66.0 Å². The van der Waals surface area contributed by atoms with Gasteiger partial charge in [-0.15, -0.1) is 0 Å². The number of benzene rings is 2. The maximum Gasteiger partial charge on any atom is 0.114 e. The molecule has 0 atom stereocenters. The summed E-state index contributed by atoms with van der Waals surface area (Å²) in [5.41, 5.74) is 3.74. The maximum absolute atomic E-state index is 4.93. The number of para-hydroxylation sites is 2. The van der Waals surface area contributed by atoms with Gasteiger partial charge in [-0.25, -0.2) is 4.98 Å². The Morgan fingerprint density at radius 2 is 1.29 bits per heavy atom. The van der Waals surface area contributed by atoms with Gasteiger partial charge in [0.25, 0.3) is 0 Å². The lowest BCUT2D eigenvalue weighted by atomic mass is 10.1. The van der Waals surface area contributed by atoms with Crippen LogP contribution in [0.4, 0.5) is 0 Å². The molecule has 0 unspecified atom stereocenters. The van der Waals surface area contributed by atoms with Crippen LogP contribution in [-0.2, 0) is 13.0 Å². The van der Waals surface area contributed by atoms with E-state index < -0.39 is 0 Å². The summed E-state index contributed by atoms with van der Waals surface area (Å²) in [6, 6.07) is 19.3. The van der Waals surface area contributed by atoms with Crippen LogP contribution in [0.2, 0.25) is 0 Å². The Balaban J connectivity index is 1.49. The van der Waals surface area contributed by atoms with Crippen LogP contribution < -0.4 is 0 Å². The summed E-state index contributed by atoms with van der Waals surface area (Å²) >= 11 is 0. The van der Waals surface area contributed by atoms with E-state index in [4.69, 9.17) is 4.98 Å². The van der Waals surface area contributed by atoms with E-state index in [1.807, 2.05) is 0 Å². The van der Waals surface area contributed by atoms with E-state index in [0.717, 1.165) is 18.5 Å². The number of aryl methyl sites for hydroxylation is 1. The molecule has 150 valence electrons. The Morgan fingerprint density at radius 1 is 0.679 bits per heavy atom. The molecule has 28 heavy (non-hydrogen) atoms. The van der Waals surface area contributed by atoms with Crippen molar-refractivity contribution in [2.24, 2.45) is 0 Å². The van der Waals surface area contributed by atoms with Crippen molar-refractivity contribution >= 4 is 11.0 Å². The summed E-state index contributed by atoms with van der Waals surface area (Å²) in [5.74, 6) is 1.20. The predicted octanol–water partition coefficient (Wildman–Crippen LogP) is 7.55. The van der Waals surface area contributed by atoms with Crippen LogP contribution in [0.25, 0.3) is 11.0 Å². The molecule has 0 saturated carbocycles. The monoisotopic (exact) mass is 376 g/mol. The first-order valence-electron chi connectivity index (χ1n) is 11.4. The molecule has 0 aliphatic rings. The Kier molecular flexibility index (Phi) is 8.61. The number of nitrogens with zero attached hydrogens (tertiary/aromatic N) is 2. The minimum absolute atomic E-state index is 0.910. The van der Waals surface area contributed by atoms with Crippen LogP contribution in [0.1, 0.15) is 82.5 Å². The zero-order chi connectivity index (χ0) is 19.4. The molecule has 0 N–H and O–H groups in total. The van der Waals surface area contributed by atoms with E-state index in [1.165, 1.54) is 81.1 Å². The van der Waals surface area contributed by atoms with E-state index in [1.54, 1.807) is 0 Å². The van der Waals surface area contributed by atoms with E-state index in [9.17, 15) is 0 Å². The first-order valence-corrected chi connectivity index (χ1v) is 11.4. The van der Waals surface area contributed by atoms with Gasteiger partial charge in [0, 0.05) is 13.0 Å². The van der Waals surface area contributed by atoms with Crippen LogP contribution in [-0.4, -0.2) is 9.55 Å². The second-order valence-electron chi connectivity index (χ2n) is 8.01. The largest absolute Gasteiger partial charge is 0.328 e. The number of aromatic nitrogens is 2. The van der Waals surface area contributed by atoms with Gasteiger partial charge in [0.1, 0.15) is 5.82 Å². The third-order valence-corrected chi connectivity index (χ3v) is 5.67. The number of unbranched alkanes of at least 4 members (excludes halogenated alkanes) is 9. The van der Waals surface area contributed by atoms with Gasteiger partial charge in [-0.2, -0.15) is 0 Å². The fourth-order valence-corrected chi connectivity index (χ4v) is 4.05. The van der Waals surface area contributed by atoms with Gasteiger partial charge in [-0.1, -0.05) is 107 Å². The highest BCUT2D eigenvalue weighted by molar-refractivity contribution is 5.76. The van der Waals surface area contributed by atoms with Crippen molar-refractivity contribution in [3.63, 3.8) is 0 Å². The number of hydrogen-bond acceptors (Lipinski definition) is 1. The fraction of sp³-hybridized carbons (Fsp3) is 0.500. The average Bonchev–Trinajstić information content (AvgIpc) is 3.07. The lowest BCUT2D eigenvalue weighted by molar-refractivity contribution is 0.533. The highest BCUT2D eigenvalue weighted by atomic mass is 15.1. The Hall–Kier alpha value is -2.09. The van der Waals surface area contributed by atoms with Crippen LogP contribution in [0.3, 0.4) is 0 Å². The SMILES string of the molecule is CCCCCCCCCCCCn1c(Cc2ccccc2)nc2ccccc21. The topological polar surface area (TPSA) is 17.8 Å². The van der Waals surface area contributed by atoms with Crippen LogP contribution in [0.5, 0.6) is 0 Å². The van der Waals surface area contributed by atoms with Crippen LogP contribution in [0.15, 0.2) is 54.6 Å². The number of rotatable bonds is 13. The standard InChI is InChI=1S/C26H36N2/c1-2-3-4-5-6-7-8-9-10-16-21-28-25-20-15-14-19-24(25)27-26(28)22-23-17-12-11-13-18-23/h11-15,17-20H,2-10,16,21-22H2,1H3. The molecular formula is C26H36N2. The molecule has 0 fully saturated rings. The molecule has 2 aromatic carbocycles. The van der Waals surface area contributed by atoms with Crippen LogP contribution >= 0.6 is 0 Å². The Morgan fingerprint density at radius 3 is 2.00 bits per heavy atom. The van der Waals surface area contributed by atoms with Crippen molar-refractivity contribution < 1.29 is 0 Å². The molecule has 1 aromatic heterocycles. The molecule has 0 bridgehead atoms. The molecular weight excluding hydrogens is 340 g/mol. The average molecular weight is 377 g/mol. The Bertz CT molecular complexity index is 804. The van der Waals surface area contributed by atoms with Crippen molar-refractivity contribution in [1.82, 2.24) is 9.55 Å². The number of imidazole rings is 1. The first-order chi connectivity index (χ1) is 13.9. The summed E-state index contributed by atoms with van der Waals surface area (Å²) in [6.07, 6.45) is 14.7. The van der Waals surface area contributed by atoms with Gasteiger partial charge in [-0.3, -0.25) is 0 Å². The summed E-state index contributed by atoms with van der Waals surface area (Å²) in [6.45, 7) is 3.37. The second kappa shape index (κ2) is 11.7. The molecule has 0 aliphatic heterocycles. The lowest BCUT2D eigenvalue weighted by Gasteiger charge is -2.10. The van der Waals surface area contributed by atoms with Crippen LogP contribution in [0, 0.1) is 0 Å². The predicted molar refractivity (Wildman–Crippen MR) is 121 cm³/mol.